The van der Waals surface area contributed by atoms with Crippen molar-refractivity contribution in [2.45, 2.75) is 40.5 Å². The van der Waals surface area contributed by atoms with Crippen LogP contribution in [0, 0.1) is 0 Å². The van der Waals surface area contributed by atoms with Crippen LogP contribution in [0.4, 0.5) is 0 Å². The summed E-state index contributed by atoms with van der Waals surface area (Å²) in [5.74, 6) is 0.105. The second-order valence-corrected chi connectivity index (χ2v) is 4.66. The molecule has 0 aliphatic heterocycles. The van der Waals surface area contributed by atoms with Crippen molar-refractivity contribution in [2.24, 2.45) is 0 Å². The van der Waals surface area contributed by atoms with Crippen LogP contribution in [0.3, 0.4) is 0 Å². The summed E-state index contributed by atoms with van der Waals surface area (Å²) >= 11 is 0. The molecule has 0 unspecified atom stereocenters. The number of fused-ring (bicyclic) bond motifs is 1. The zero-order valence-corrected chi connectivity index (χ0v) is 15.0. The Kier molecular flexibility index (Phi) is 8.98. The number of carbonyl (C=O) groups is 1. The number of benzene rings is 1. The van der Waals surface area contributed by atoms with E-state index in [-0.39, 0.29) is 5.78 Å². The van der Waals surface area contributed by atoms with Gasteiger partial charge in [0.2, 0.25) is 0 Å². The summed E-state index contributed by atoms with van der Waals surface area (Å²) in [7, 11) is 0. The van der Waals surface area contributed by atoms with Gasteiger partial charge in [0.05, 0.1) is 5.52 Å². The molecule has 0 aliphatic rings. The van der Waals surface area contributed by atoms with Crippen LogP contribution in [0.25, 0.3) is 10.9 Å². The van der Waals surface area contributed by atoms with E-state index in [4.69, 9.17) is 0 Å². The molecule has 3 nitrogen and oxygen atoms in total. The van der Waals surface area contributed by atoms with Crippen molar-refractivity contribution in [2.75, 3.05) is 0 Å². The highest BCUT2D eigenvalue weighted by Gasteiger charge is 2.08. The van der Waals surface area contributed by atoms with Crippen molar-refractivity contribution < 1.29 is 4.79 Å². The van der Waals surface area contributed by atoms with Crippen molar-refractivity contribution >= 4 is 16.7 Å². The Morgan fingerprint density at radius 3 is 2.33 bits per heavy atom. The number of ketones is 1. The summed E-state index contributed by atoms with van der Waals surface area (Å²) < 4.78 is 0. The number of rotatable bonds is 4. The molecule has 0 N–H and O–H groups in total. The van der Waals surface area contributed by atoms with Crippen molar-refractivity contribution in [3.8, 4) is 0 Å². The molecule has 0 saturated carbocycles. The van der Waals surface area contributed by atoms with Crippen LogP contribution < -0.4 is 0 Å². The van der Waals surface area contributed by atoms with Gasteiger partial charge in [-0.25, -0.2) is 0 Å². The zero-order valence-electron chi connectivity index (χ0n) is 15.0. The number of Topliss-reactive ketones (excluding diaryl/α,β-unsaturated/α-hetero) is 1. The van der Waals surface area contributed by atoms with Gasteiger partial charge < -0.3 is 0 Å². The van der Waals surface area contributed by atoms with E-state index in [0.717, 1.165) is 16.6 Å². The Morgan fingerprint density at radius 1 is 0.917 bits per heavy atom. The molecule has 126 valence electrons. The molecule has 2 heterocycles. The van der Waals surface area contributed by atoms with Crippen LogP contribution in [0.5, 0.6) is 0 Å². The number of pyridine rings is 2. The highest BCUT2D eigenvalue weighted by Crippen LogP contribution is 2.14. The maximum atomic E-state index is 12.2. The van der Waals surface area contributed by atoms with Gasteiger partial charge >= 0.3 is 0 Å². The lowest BCUT2D eigenvalue weighted by atomic mass is 10.0. The number of nitrogens with zero attached hydrogens (tertiary/aromatic N) is 2. The average Bonchev–Trinajstić information content (AvgIpc) is 2.69. The number of hydrogen-bond donors (Lipinski definition) is 0. The van der Waals surface area contributed by atoms with E-state index in [9.17, 15) is 4.79 Å². The van der Waals surface area contributed by atoms with E-state index in [2.05, 4.69) is 9.97 Å². The fourth-order valence-electron chi connectivity index (χ4n) is 2.16. The Hall–Kier alpha value is -2.55. The monoisotopic (exact) mass is 322 g/mol. The topological polar surface area (TPSA) is 42.9 Å². The second kappa shape index (κ2) is 11.1. The summed E-state index contributed by atoms with van der Waals surface area (Å²) in [4.78, 5) is 20.7. The largest absolute Gasteiger partial charge is 0.294 e. The molecule has 0 amide bonds. The van der Waals surface area contributed by atoms with Gasteiger partial charge in [-0.2, -0.15) is 0 Å². The van der Waals surface area contributed by atoms with Gasteiger partial charge in [-0.05, 0) is 30.7 Å². The predicted molar refractivity (Wildman–Crippen MR) is 101 cm³/mol. The first-order valence-electron chi connectivity index (χ1n) is 8.61. The van der Waals surface area contributed by atoms with Crippen molar-refractivity contribution in [3.05, 3.63) is 72.2 Å². The summed E-state index contributed by atoms with van der Waals surface area (Å²) in [5.41, 5.74) is 2.52. The Bertz CT molecular complexity index is 739. The number of hydrogen-bond acceptors (Lipinski definition) is 3. The molecule has 0 radical (unpaired) electrons. The minimum absolute atomic E-state index is 0.105. The third-order valence-electron chi connectivity index (χ3n) is 3.25. The van der Waals surface area contributed by atoms with Crippen molar-refractivity contribution in [1.29, 1.82) is 0 Å². The lowest BCUT2D eigenvalue weighted by Gasteiger charge is -2.03. The summed E-state index contributed by atoms with van der Waals surface area (Å²) in [6.45, 7) is 8.00. The quantitative estimate of drug-likeness (QED) is 0.596. The average molecular weight is 322 g/mol. The number of aromatic nitrogens is 2. The fourth-order valence-corrected chi connectivity index (χ4v) is 2.16. The molecule has 0 fully saturated rings. The summed E-state index contributed by atoms with van der Waals surface area (Å²) in [6, 6.07) is 15.5. The van der Waals surface area contributed by atoms with Gasteiger partial charge in [0, 0.05) is 35.5 Å². The third kappa shape index (κ3) is 5.58. The Labute approximate surface area is 144 Å². The standard InChI is InChI=1S/C17H14N2O.2C2H6/c20-17(9-8-15-6-3-4-10-18-15)14-11-13-5-1-2-7-16(13)19-12-14;2*1-2/h1-7,10-12H,8-9H2;2*1-2H3. The molecular formula is C21H26N2O. The first-order chi connectivity index (χ1) is 11.8. The highest BCUT2D eigenvalue weighted by atomic mass is 16.1. The first kappa shape index (κ1) is 19.5. The van der Waals surface area contributed by atoms with Crippen LogP contribution in [-0.2, 0) is 6.42 Å². The van der Waals surface area contributed by atoms with E-state index in [1.54, 1.807) is 12.4 Å². The molecule has 24 heavy (non-hydrogen) atoms. The number of aryl methyl sites for hydroxylation is 1. The summed E-state index contributed by atoms with van der Waals surface area (Å²) in [5, 5.41) is 0.996. The molecule has 3 heteroatoms. The molecular weight excluding hydrogens is 296 g/mol. The van der Waals surface area contributed by atoms with E-state index in [1.165, 1.54) is 0 Å². The smallest absolute Gasteiger partial charge is 0.164 e. The second-order valence-electron chi connectivity index (χ2n) is 4.66. The van der Waals surface area contributed by atoms with Gasteiger partial charge in [0.25, 0.3) is 0 Å². The van der Waals surface area contributed by atoms with Gasteiger partial charge in [-0.15, -0.1) is 0 Å². The molecule has 3 aromatic rings. The predicted octanol–water partition coefficient (Wildman–Crippen LogP) is 5.50. The Balaban J connectivity index is 0.000000671. The molecule has 0 spiro atoms. The van der Waals surface area contributed by atoms with E-state index >= 15 is 0 Å². The minimum Gasteiger partial charge on any atom is -0.294 e. The fraction of sp³-hybridized carbons (Fsp3) is 0.286. The van der Waals surface area contributed by atoms with Crippen LogP contribution in [0.1, 0.15) is 50.2 Å². The van der Waals surface area contributed by atoms with E-state index in [1.807, 2.05) is 76.2 Å². The summed E-state index contributed by atoms with van der Waals surface area (Å²) in [6.07, 6.45) is 4.52. The number of para-hydroxylation sites is 1. The van der Waals surface area contributed by atoms with Crippen LogP contribution >= 0.6 is 0 Å². The lowest BCUT2D eigenvalue weighted by Crippen LogP contribution is -2.02. The van der Waals surface area contributed by atoms with E-state index in [0.29, 0.717) is 18.4 Å². The molecule has 0 aliphatic carbocycles. The maximum absolute atomic E-state index is 12.2. The first-order valence-corrected chi connectivity index (χ1v) is 8.61. The third-order valence-corrected chi connectivity index (χ3v) is 3.25. The van der Waals surface area contributed by atoms with Crippen molar-refractivity contribution in [3.63, 3.8) is 0 Å². The maximum Gasteiger partial charge on any atom is 0.164 e. The Morgan fingerprint density at radius 2 is 1.62 bits per heavy atom. The van der Waals surface area contributed by atoms with Crippen LogP contribution in [-0.4, -0.2) is 15.8 Å². The lowest BCUT2D eigenvalue weighted by molar-refractivity contribution is 0.0982. The highest BCUT2D eigenvalue weighted by molar-refractivity contribution is 5.98. The van der Waals surface area contributed by atoms with Gasteiger partial charge in [-0.3, -0.25) is 14.8 Å². The van der Waals surface area contributed by atoms with Crippen molar-refractivity contribution in [1.82, 2.24) is 9.97 Å². The van der Waals surface area contributed by atoms with Gasteiger partial charge in [0.15, 0.2) is 5.78 Å². The molecule has 2 aromatic heterocycles. The number of carbonyl (C=O) groups excluding carboxylic acids is 1. The minimum atomic E-state index is 0.105. The van der Waals surface area contributed by atoms with Gasteiger partial charge in [0.1, 0.15) is 0 Å². The molecule has 0 bridgehead atoms. The van der Waals surface area contributed by atoms with Crippen LogP contribution in [0.2, 0.25) is 0 Å². The van der Waals surface area contributed by atoms with Crippen LogP contribution in [0.15, 0.2) is 60.9 Å². The zero-order chi connectivity index (χ0) is 17.8. The molecule has 3 rings (SSSR count). The molecule has 0 saturated heterocycles. The van der Waals surface area contributed by atoms with Gasteiger partial charge in [-0.1, -0.05) is 52.0 Å². The SMILES string of the molecule is CC.CC.O=C(CCc1ccccn1)c1cnc2ccccc2c1. The normalized spacial score (nSPS) is 9.33. The molecule has 0 atom stereocenters. The molecule has 1 aromatic carbocycles. The van der Waals surface area contributed by atoms with E-state index < -0.39 is 0 Å².